The van der Waals surface area contributed by atoms with Gasteiger partial charge in [0.05, 0.1) is 10.6 Å². The van der Waals surface area contributed by atoms with Gasteiger partial charge in [-0.2, -0.15) is 0 Å². The molecule has 1 aliphatic rings. The van der Waals surface area contributed by atoms with Crippen molar-refractivity contribution in [3.05, 3.63) is 88.3 Å². The number of nitro groups is 1. The lowest BCUT2D eigenvalue weighted by atomic mass is 10.1. The lowest BCUT2D eigenvalue weighted by Gasteiger charge is -2.13. The number of anilines is 1. The van der Waals surface area contributed by atoms with Gasteiger partial charge in [0.25, 0.3) is 11.6 Å². The van der Waals surface area contributed by atoms with E-state index in [1.807, 2.05) is 18.2 Å². The van der Waals surface area contributed by atoms with E-state index in [2.05, 4.69) is 5.32 Å². The predicted octanol–water partition coefficient (Wildman–Crippen LogP) is 4.12. The molecule has 1 fully saturated rings. The molecule has 0 spiro atoms. The summed E-state index contributed by atoms with van der Waals surface area (Å²) < 4.78 is 5.76. The van der Waals surface area contributed by atoms with Gasteiger partial charge in [-0.1, -0.05) is 18.2 Å². The van der Waals surface area contributed by atoms with Crippen LogP contribution >= 0.6 is 12.2 Å². The highest BCUT2D eigenvalue weighted by atomic mass is 32.1. The van der Waals surface area contributed by atoms with Gasteiger partial charge in [-0.25, -0.2) is 0 Å². The molecular formula is C20H13N3O4S. The fourth-order valence-electron chi connectivity index (χ4n) is 2.82. The van der Waals surface area contributed by atoms with E-state index < -0.39 is 4.92 Å². The highest BCUT2D eigenvalue weighted by molar-refractivity contribution is 7.80. The third-order valence-corrected chi connectivity index (χ3v) is 4.45. The molecule has 7 nitrogen and oxygen atoms in total. The molecular weight excluding hydrogens is 378 g/mol. The molecule has 0 bridgehead atoms. The predicted molar refractivity (Wildman–Crippen MR) is 108 cm³/mol. The molecule has 1 saturated heterocycles. The number of hydrogen-bond donors (Lipinski definition) is 1. The molecule has 0 unspecified atom stereocenters. The maximum Gasteiger partial charge on any atom is 0.281 e. The van der Waals surface area contributed by atoms with Gasteiger partial charge in [-0.3, -0.25) is 19.8 Å². The fraction of sp³-hybridized carbons (Fsp3) is 0. The molecule has 1 N–H and O–H groups in total. The topological polar surface area (TPSA) is 88.6 Å². The summed E-state index contributed by atoms with van der Waals surface area (Å²) in [4.78, 5) is 24.4. The standard InChI is InChI=1S/C20H13N3O4S/c24-19-17(21-20(28)22(19)14-4-2-1-3-5-14)12-16-10-11-18(27-16)13-6-8-15(9-7-13)23(25)26/h1-12H,(H,21,28)/b17-12+. The van der Waals surface area contributed by atoms with Gasteiger partial charge in [-0.05, 0) is 48.6 Å². The van der Waals surface area contributed by atoms with E-state index >= 15 is 0 Å². The van der Waals surface area contributed by atoms with Gasteiger partial charge in [0, 0.05) is 23.8 Å². The van der Waals surface area contributed by atoms with Gasteiger partial charge in [0.15, 0.2) is 5.11 Å². The molecule has 1 amide bonds. The van der Waals surface area contributed by atoms with E-state index in [0.29, 0.717) is 33.6 Å². The summed E-state index contributed by atoms with van der Waals surface area (Å²) in [6, 6.07) is 18.6. The highest BCUT2D eigenvalue weighted by Crippen LogP contribution is 2.27. The highest BCUT2D eigenvalue weighted by Gasteiger charge is 2.32. The number of carbonyl (C=O) groups is 1. The van der Waals surface area contributed by atoms with Gasteiger partial charge in [0.1, 0.15) is 17.2 Å². The summed E-state index contributed by atoms with van der Waals surface area (Å²) in [6.45, 7) is 0. The van der Waals surface area contributed by atoms with Crippen molar-refractivity contribution in [1.82, 2.24) is 5.32 Å². The van der Waals surface area contributed by atoms with Gasteiger partial charge < -0.3 is 9.73 Å². The van der Waals surface area contributed by atoms with E-state index in [4.69, 9.17) is 16.6 Å². The summed E-state index contributed by atoms with van der Waals surface area (Å²) >= 11 is 5.28. The van der Waals surface area contributed by atoms with Crippen LogP contribution in [0, 0.1) is 10.1 Å². The first-order valence-corrected chi connectivity index (χ1v) is 8.70. The smallest absolute Gasteiger partial charge is 0.281 e. The van der Waals surface area contributed by atoms with Crippen LogP contribution in [-0.4, -0.2) is 15.9 Å². The van der Waals surface area contributed by atoms with Crippen LogP contribution in [0.3, 0.4) is 0 Å². The average molecular weight is 391 g/mol. The third-order valence-electron chi connectivity index (χ3n) is 4.17. The second-order valence-corrected chi connectivity index (χ2v) is 6.36. The quantitative estimate of drug-likeness (QED) is 0.312. The Bertz CT molecular complexity index is 1100. The van der Waals surface area contributed by atoms with Crippen molar-refractivity contribution >= 4 is 40.7 Å². The Morgan fingerprint density at radius 2 is 1.75 bits per heavy atom. The normalized spacial score (nSPS) is 15.1. The number of carbonyl (C=O) groups excluding carboxylic acids is 1. The van der Waals surface area contributed by atoms with Gasteiger partial charge >= 0.3 is 0 Å². The monoisotopic (exact) mass is 391 g/mol. The minimum absolute atomic E-state index is 0.00733. The first kappa shape index (κ1) is 17.6. The van der Waals surface area contributed by atoms with Crippen LogP contribution < -0.4 is 10.2 Å². The Balaban J connectivity index is 1.58. The van der Waals surface area contributed by atoms with Gasteiger partial charge in [0.2, 0.25) is 0 Å². The minimum Gasteiger partial charge on any atom is -0.457 e. The molecule has 28 heavy (non-hydrogen) atoms. The third kappa shape index (κ3) is 3.28. The largest absolute Gasteiger partial charge is 0.457 e. The average Bonchev–Trinajstić information content (AvgIpc) is 3.27. The van der Waals surface area contributed by atoms with Gasteiger partial charge in [-0.15, -0.1) is 0 Å². The zero-order chi connectivity index (χ0) is 19.7. The van der Waals surface area contributed by atoms with Crippen molar-refractivity contribution in [3.63, 3.8) is 0 Å². The van der Waals surface area contributed by atoms with Crippen molar-refractivity contribution in [2.75, 3.05) is 4.90 Å². The molecule has 2 aromatic carbocycles. The molecule has 0 aliphatic carbocycles. The number of benzene rings is 2. The van der Waals surface area contributed by atoms with Crippen LogP contribution in [0.2, 0.25) is 0 Å². The van der Waals surface area contributed by atoms with Crippen molar-refractivity contribution < 1.29 is 14.1 Å². The summed E-state index contributed by atoms with van der Waals surface area (Å²) in [5, 5.41) is 14.0. The number of non-ortho nitro benzene ring substituents is 1. The molecule has 0 atom stereocenters. The van der Waals surface area contributed by atoms with Crippen LogP contribution in [0.1, 0.15) is 5.76 Å². The van der Waals surface area contributed by atoms with Crippen molar-refractivity contribution in [2.24, 2.45) is 0 Å². The number of nitrogens with zero attached hydrogens (tertiary/aromatic N) is 2. The molecule has 8 heteroatoms. The molecule has 0 radical (unpaired) electrons. The first-order chi connectivity index (χ1) is 13.5. The fourth-order valence-corrected chi connectivity index (χ4v) is 3.12. The zero-order valence-electron chi connectivity index (χ0n) is 14.4. The van der Waals surface area contributed by atoms with E-state index in [1.165, 1.54) is 17.0 Å². The van der Waals surface area contributed by atoms with E-state index in [9.17, 15) is 14.9 Å². The Hall–Kier alpha value is -3.78. The van der Waals surface area contributed by atoms with E-state index in [0.717, 1.165) is 0 Å². The van der Waals surface area contributed by atoms with E-state index in [1.54, 1.807) is 42.5 Å². The summed E-state index contributed by atoms with van der Waals surface area (Å²) in [7, 11) is 0. The second kappa shape index (κ2) is 7.09. The number of furan rings is 1. The van der Waals surface area contributed by atoms with Crippen molar-refractivity contribution in [1.29, 1.82) is 0 Å². The first-order valence-electron chi connectivity index (χ1n) is 8.30. The second-order valence-electron chi connectivity index (χ2n) is 5.97. The van der Waals surface area contributed by atoms with Crippen LogP contribution in [0.4, 0.5) is 11.4 Å². The van der Waals surface area contributed by atoms with Crippen molar-refractivity contribution in [3.8, 4) is 11.3 Å². The van der Waals surface area contributed by atoms with Crippen LogP contribution in [0.25, 0.3) is 17.4 Å². The zero-order valence-corrected chi connectivity index (χ0v) is 15.2. The summed E-state index contributed by atoms with van der Waals surface area (Å²) in [5.74, 6) is 0.723. The minimum atomic E-state index is -0.458. The maximum absolute atomic E-state index is 12.7. The van der Waals surface area contributed by atoms with E-state index in [-0.39, 0.29) is 11.6 Å². The number of rotatable bonds is 4. The molecule has 0 saturated carbocycles. The summed E-state index contributed by atoms with van der Waals surface area (Å²) in [6.07, 6.45) is 1.58. The van der Waals surface area contributed by atoms with Crippen LogP contribution in [0.15, 0.2) is 76.8 Å². The van der Waals surface area contributed by atoms with Crippen molar-refractivity contribution in [2.45, 2.75) is 0 Å². The lowest BCUT2D eigenvalue weighted by molar-refractivity contribution is -0.384. The molecule has 1 aromatic heterocycles. The van der Waals surface area contributed by atoms with Crippen LogP contribution in [-0.2, 0) is 4.79 Å². The Morgan fingerprint density at radius 1 is 1.04 bits per heavy atom. The molecule has 3 aromatic rings. The maximum atomic E-state index is 12.7. The number of hydrogen-bond acceptors (Lipinski definition) is 5. The molecule has 1 aliphatic heterocycles. The number of nitrogens with one attached hydrogen (secondary N) is 1. The Kier molecular flexibility index (Phi) is 4.46. The SMILES string of the molecule is O=C1/C(=C\c2ccc(-c3ccc([N+](=O)[O-])cc3)o2)NC(=S)N1c1ccccc1. The number of nitro benzene ring substituents is 1. The number of para-hydroxylation sites is 1. The molecule has 2 heterocycles. The molecule has 138 valence electrons. The number of amides is 1. The van der Waals surface area contributed by atoms with Crippen LogP contribution in [0.5, 0.6) is 0 Å². The Morgan fingerprint density at radius 3 is 2.43 bits per heavy atom. The number of thiocarbonyl (C=S) groups is 1. The lowest BCUT2D eigenvalue weighted by Crippen LogP contribution is -2.30. The molecule has 4 rings (SSSR count). The summed E-state index contributed by atoms with van der Waals surface area (Å²) in [5.41, 5.74) is 1.69. The Labute approximate surface area is 165 Å².